The van der Waals surface area contributed by atoms with Crippen LogP contribution in [0.2, 0.25) is 0 Å². The number of aromatic nitrogens is 1. The number of carbonyl (C=O) groups excluding carboxylic acids is 2. The lowest BCUT2D eigenvalue weighted by Gasteiger charge is -2.24. The van der Waals surface area contributed by atoms with Crippen molar-refractivity contribution in [3.63, 3.8) is 0 Å². The number of esters is 1. The number of carbonyl (C=O) groups is 2. The van der Waals surface area contributed by atoms with Gasteiger partial charge in [-0.25, -0.2) is 14.6 Å². The van der Waals surface area contributed by atoms with Crippen molar-refractivity contribution in [1.82, 2.24) is 10.3 Å². The fourth-order valence-electron chi connectivity index (χ4n) is 3.40. The van der Waals surface area contributed by atoms with E-state index in [9.17, 15) is 9.59 Å². The molecule has 0 radical (unpaired) electrons. The molecular weight excluding hydrogens is 460 g/mol. The molecular formula is C28H32N2O6. The summed E-state index contributed by atoms with van der Waals surface area (Å²) < 4.78 is 22.2. The van der Waals surface area contributed by atoms with Gasteiger partial charge >= 0.3 is 12.1 Å². The van der Waals surface area contributed by atoms with Crippen LogP contribution in [0, 0.1) is 0 Å². The zero-order chi connectivity index (χ0) is 26.0. The van der Waals surface area contributed by atoms with Gasteiger partial charge < -0.3 is 24.3 Å². The highest BCUT2D eigenvalue weighted by Gasteiger charge is 2.24. The summed E-state index contributed by atoms with van der Waals surface area (Å²) in [6.45, 7) is 5.55. The van der Waals surface area contributed by atoms with E-state index in [1.807, 2.05) is 60.7 Å². The third kappa shape index (κ3) is 8.30. The van der Waals surface area contributed by atoms with Crippen molar-refractivity contribution >= 4 is 12.1 Å². The van der Waals surface area contributed by atoms with Gasteiger partial charge in [-0.3, -0.25) is 0 Å². The van der Waals surface area contributed by atoms with Crippen molar-refractivity contribution in [3.8, 4) is 11.6 Å². The molecule has 1 aromatic heterocycles. The molecule has 1 atom stereocenters. The first-order chi connectivity index (χ1) is 17.2. The van der Waals surface area contributed by atoms with Gasteiger partial charge in [-0.05, 0) is 44.4 Å². The Morgan fingerprint density at radius 3 is 2.19 bits per heavy atom. The summed E-state index contributed by atoms with van der Waals surface area (Å²) in [7, 11) is 1.42. The molecule has 8 heteroatoms. The molecule has 0 saturated carbocycles. The molecule has 36 heavy (non-hydrogen) atoms. The highest BCUT2D eigenvalue weighted by atomic mass is 16.6. The van der Waals surface area contributed by atoms with Gasteiger partial charge in [0.1, 0.15) is 24.6 Å². The van der Waals surface area contributed by atoms with Crippen molar-refractivity contribution in [1.29, 1.82) is 0 Å². The lowest BCUT2D eigenvalue weighted by atomic mass is 10.1. The van der Waals surface area contributed by atoms with Crippen LogP contribution in [0.5, 0.6) is 11.6 Å². The van der Waals surface area contributed by atoms with Gasteiger partial charge in [-0.1, -0.05) is 60.7 Å². The second-order valence-electron chi connectivity index (χ2n) is 9.10. The van der Waals surface area contributed by atoms with Gasteiger partial charge in [0.25, 0.3) is 0 Å². The Labute approximate surface area is 211 Å². The second-order valence-corrected chi connectivity index (χ2v) is 9.10. The Kier molecular flexibility index (Phi) is 9.27. The Morgan fingerprint density at radius 1 is 0.944 bits per heavy atom. The quantitative estimate of drug-likeness (QED) is 0.400. The van der Waals surface area contributed by atoms with Crippen LogP contribution >= 0.6 is 0 Å². The monoisotopic (exact) mass is 492 g/mol. The molecule has 0 unspecified atom stereocenters. The van der Waals surface area contributed by atoms with Crippen LogP contribution < -0.4 is 14.8 Å². The topological polar surface area (TPSA) is 96.0 Å². The van der Waals surface area contributed by atoms with Gasteiger partial charge in [-0.2, -0.15) is 0 Å². The number of rotatable bonds is 10. The molecule has 0 saturated heterocycles. The number of amides is 1. The van der Waals surface area contributed by atoms with Gasteiger partial charge in [0, 0.05) is 6.20 Å². The third-order valence-electron chi connectivity index (χ3n) is 4.97. The molecule has 0 bridgehead atoms. The SMILES string of the molecule is COc1nccc(OC[C@@H](Cc2ccccc2)NC(=O)OC(C)(C)C)c1C(=O)OCc1ccccc1. The lowest BCUT2D eigenvalue weighted by molar-refractivity contribution is 0.0449. The summed E-state index contributed by atoms with van der Waals surface area (Å²) in [6.07, 6.45) is 1.42. The Hall–Kier alpha value is -4.07. The molecule has 1 amide bonds. The molecule has 0 aliphatic rings. The predicted molar refractivity (Wildman–Crippen MR) is 135 cm³/mol. The summed E-state index contributed by atoms with van der Waals surface area (Å²) in [5, 5.41) is 2.87. The second kappa shape index (κ2) is 12.6. The molecule has 0 aliphatic heterocycles. The number of ether oxygens (including phenoxy) is 4. The smallest absolute Gasteiger partial charge is 0.408 e. The Bertz CT molecular complexity index is 1130. The molecule has 0 spiro atoms. The molecule has 1 heterocycles. The maximum atomic E-state index is 13.0. The van der Waals surface area contributed by atoms with E-state index in [1.54, 1.807) is 26.8 Å². The summed E-state index contributed by atoms with van der Waals surface area (Å²) in [6, 6.07) is 20.2. The minimum absolute atomic E-state index is 0.0697. The van der Waals surface area contributed by atoms with Crippen LogP contribution in [0.4, 0.5) is 4.79 Å². The Balaban J connectivity index is 1.76. The van der Waals surface area contributed by atoms with Crippen LogP contribution in [-0.2, 0) is 22.5 Å². The van der Waals surface area contributed by atoms with E-state index in [-0.39, 0.29) is 30.4 Å². The van der Waals surface area contributed by atoms with Gasteiger partial charge in [0.2, 0.25) is 5.88 Å². The predicted octanol–water partition coefficient (Wildman–Crippen LogP) is 4.96. The largest absolute Gasteiger partial charge is 0.490 e. The fourth-order valence-corrected chi connectivity index (χ4v) is 3.40. The molecule has 190 valence electrons. The summed E-state index contributed by atoms with van der Waals surface area (Å²) in [5.41, 5.74) is 1.29. The lowest BCUT2D eigenvalue weighted by Crippen LogP contribution is -2.43. The molecule has 2 aromatic carbocycles. The number of methoxy groups -OCH3 is 1. The molecule has 1 N–H and O–H groups in total. The van der Waals surface area contributed by atoms with Gasteiger partial charge in [-0.15, -0.1) is 0 Å². The average molecular weight is 493 g/mol. The maximum absolute atomic E-state index is 13.0. The molecule has 0 fully saturated rings. The van der Waals surface area contributed by atoms with Crippen molar-refractivity contribution in [2.24, 2.45) is 0 Å². The number of nitrogens with zero attached hydrogens (tertiary/aromatic N) is 1. The van der Waals surface area contributed by atoms with Crippen LogP contribution in [0.1, 0.15) is 42.3 Å². The third-order valence-corrected chi connectivity index (χ3v) is 4.97. The van der Waals surface area contributed by atoms with E-state index in [4.69, 9.17) is 18.9 Å². The van der Waals surface area contributed by atoms with Gasteiger partial charge in [0.15, 0.2) is 5.56 Å². The highest BCUT2D eigenvalue weighted by Crippen LogP contribution is 2.28. The minimum Gasteiger partial charge on any atom is -0.490 e. The zero-order valence-corrected chi connectivity index (χ0v) is 21.0. The van der Waals surface area contributed by atoms with Crippen molar-refractivity contribution in [3.05, 3.63) is 89.6 Å². The zero-order valence-electron chi connectivity index (χ0n) is 21.0. The van der Waals surface area contributed by atoms with Crippen LogP contribution in [-0.4, -0.2) is 42.4 Å². The summed E-state index contributed by atoms with van der Waals surface area (Å²) in [4.78, 5) is 29.6. The van der Waals surface area contributed by atoms with E-state index >= 15 is 0 Å². The number of alkyl carbamates (subject to hydrolysis) is 1. The molecule has 8 nitrogen and oxygen atoms in total. The number of benzene rings is 2. The van der Waals surface area contributed by atoms with Crippen molar-refractivity contribution in [2.75, 3.05) is 13.7 Å². The van der Waals surface area contributed by atoms with Crippen LogP contribution in [0.25, 0.3) is 0 Å². The molecule has 0 aliphatic carbocycles. The maximum Gasteiger partial charge on any atom is 0.408 e. The first kappa shape index (κ1) is 26.5. The number of pyridine rings is 1. The first-order valence-electron chi connectivity index (χ1n) is 11.7. The summed E-state index contributed by atoms with van der Waals surface area (Å²) >= 11 is 0. The van der Waals surface area contributed by atoms with E-state index in [2.05, 4.69) is 10.3 Å². The number of nitrogens with one attached hydrogen (secondary N) is 1. The number of hydrogen-bond donors (Lipinski definition) is 1. The van der Waals surface area contributed by atoms with E-state index in [0.717, 1.165) is 11.1 Å². The molecule has 3 aromatic rings. The normalized spacial score (nSPS) is 11.8. The van der Waals surface area contributed by atoms with E-state index < -0.39 is 23.7 Å². The van der Waals surface area contributed by atoms with Crippen LogP contribution in [0.15, 0.2) is 72.9 Å². The van der Waals surface area contributed by atoms with E-state index in [0.29, 0.717) is 6.42 Å². The van der Waals surface area contributed by atoms with Crippen LogP contribution in [0.3, 0.4) is 0 Å². The average Bonchev–Trinajstić information content (AvgIpc) is 2.85. The first-order valence-corrected chi connectivity index (χ1v) is 11.7. The summed E-state index contributed by atoms with van der Waals surface area (Å²) in [5.74, 6) is -0.298. The highest BCUT2D eigenvalue weighted by molar-refractivity contribution is 5.95. The Morgan fingerprint density at radius 2 is 1.58 bits per heavy atom. The standard InChI is InChI=1S/C28H32N2O6/c1-28(2,3)36-27(32)30-22(17-20-11-7-5-8-12-20)19-34-23-15-16-29-25(33-4)24(23)26(31)35-18-21-13-9-6-10-14-21/h5-16,22H,17-19H2,1-4H3,(H,30,32)/t22-/m1/s1. The van der Waals surface area contributed by atoms with E-state index in [1.165, 1.54) is 13.3 Å². The number of hydrogen-bond acceptors (Lipinski definition) is 7. The minimum atomic E-state index is -0.642. The van der Waals surface area contributed by atoms with Crippen molar-refractivity contribution in [2.45, 2.75) is 45.4 Å². The molecule has 3 rings (SSSR count). The van der Waals surface area contributed by atoms with Gasteiger partial charge in [0.05, 0.1) is 13.2 Å². The fraction of sp³-hybridized carbons (Fsp3) is 0.321. The van der Waals surface area contributed by atoms with Crippen molar-refractivity contribution < 1.29 is 28.5 Å².